The molecule has 2 aliphatic rings. The molecule has 1 amide bonds. The van der Waals surface area contributed by atoms with Crippen LogP contribution >= 0.6 is 0 Å². The minimum atomic E-state index is -0.0988. The van der Waals surface area contributed by atoms with Gasteiger partial charge in [-0.25, -0.2) is 0 Å². The molecule has 0 aromatic heterocycles. The number of nitrogens with one attached hydrogen (secondary N) is 1. The summed E-state index contributed by atoms with van der Waals surface area (Å²) in [4.78, 5) is 12.9. The van der Waals surface area contributed by atoms with Crippen molar-refractivity contribution in [2.24, 2.45) is 11.3 Å². The minimum Gasteiger partial charge on any atom is -0.329 e. The molecule has 0 unspecified atom stereocenters. The second-order valence-electron chi connectivity index (χ2n) is 7.38. The zero-order valence-corrected chi connectivity index (χ0v) is 14.0. The Balaban J connectivity index is 2.05. The lowest BCUT2D eigenvalue weighted by Gasteiger charge is -2.37. The summed E-state index contributed by atoms with van der Waals surface area (Å²) >= 11 is 0. The SMILES string of the molecule is CC1=CCCC(NC(=O)C2(CCC(C)C)CCCCC2)=C1. The predicted octanol–water partition coefficient (Wildman–Crippen LogP) is 5.11. The zero-order valence-electron chi connectivity index (χ0n) is 14.0. The van der Waals surface area contributed by atoms with Gasteiger partial charge in [0.1, 0.15) is 0 Å². The minimum absolute atomic E-state index is 0.0988. The molecule has 2 aliphatic carbocycles. The van der Waals surface area contributed by atoms with Gasteiger partial charge >= 0.3 is 0 Å². The normalized spacial score (nSPS) is 21.7. The molecular weight excluding hydrogens is 258 g/mol. The van der Waals surface area contributed by atoms with Crippen LogP contribution < -0.4 is 5.32 Å². The predicted molar refractivity (Wildman–Crippen MR) is 88.8 cm³/mol. The van der Waals surface area contributed by atoms with E-state index in [4.69, 9.17) is 0 Å². The van der Waals surface area contributed by atoms with Gasteiger partial charge in [-0.05, 0) is 57.4 Å². The van der Waals surface area contributed by atoms with E-state index in [0.717, 1.165) is 44.2 Å². The van der Waals surface area contributed by atoms with Gasteiger partial charge in [0, 0.05) is 11.1 Å². The lowest BCUT2D eigenvalue weighted by atomic mass is 9.69. The lowest BCUT2D eigenvalue weighted by Crippen LogP contribution is -2.42. The Bertz CT molecular complexity index is 425. The quantitative estimate of drug-likeness (QED) is 0.748. The third kappa shape index (κ3) is 4.46. The number of allylic oxidation sites excluding steroid dienone is 4. The standard InChI is InChI=1S/C19H31NO/c1-15(2)10-13-19(11-5-4-6-12-19)18(21)20-17-9-7-8-16(3)14-17/h8,14-15H,4-7,9-13H2,1-3H3,(H,20,21). The van der Waals surface area contributed by atoms with E-state index < -0.39 is 0 Å². The summed E-state index contributed by atoms with van der Waals surface area (Å²) in [5.41, 5.74) is 2.30. The zero-order chi connectivity index (χ0) is 15.3. The highest BCUT2D eigenvalue weighted by Crippen LogP contribution is 2.41. The van der Waals surface area contributed by atoms with Crippen LogP contribution in [0.15, 0.2) is 23.4 Å². The van der Waals surface area contributed by atoms with Gasteiger partial charge in [-0.2, -0.15) is 0 Å². The summed E-state index contributed by atoms with van der Waals surface area (Å²) in [6, 6.07) is 0. The molecule has 0 aromatic carbocycles. The van der Waals surface area contributed by atoms with Gasteiger partial charge in [0.15, 0.2) is 0 Å². The summed E-state index contributed by atoms with van der Waals surface area (Å²) in [5.74, 6) is 0.972. The third-order valence-electron chi connectivity index (χ3n) is 5.05. The van der Waals surface area contributed by atoms with E-state index in [1.165, 1.54) is 24.8 Å². The van der Waals surface area contributed by atoms with E-state index in [-0.39, 0.29) is 5.41 Å². The monoisotopic (exact) mass is 289 g/mol. The van der Waals surface area contributed by atoms with Crippen LogP contribution in [0.2, 0.25) is 0 Å². The first-order valence-corrected chi connectivity index (χ1v) is 8.71. The third-order valence-corrected chi connectivity index (χ3v) is 5.05. The summed E-state index contributed by atoms with van der Waals surface area (Å²) < 4.78 is 0. The summed E-state index contributed by atoms with van der Waals surface area (Å²) in [7, 11) is 0. The molecule has 0 spiro atoms. The first-order valence-electron chi connectivity index (χ1n) is 8.71. The molecule has 0 saturated heterocycles. The van der Waals surface area contributed by atoms with Gasteiger partial charge < -0.3 is 5.32 Å². The average Bonchev–Trinajstić information content (AvgIpc) is 2.46. The molecule has 1 fully saturated rings. The first kappa shape index (κ1) is 16.3. The topological polar surface area (TPSA) is 29.1 Å². The molecule has 0 radical (unpaired) electrons. The van der Waals surface area contributed by atoms with Gasteiger partial charge in [0.2, 0.25) is 5.91 Å². The molecule has 0 atom stereocenters. The highest BCUT2D eigenvalue weighted by Gasteiger charge is 2.39. The summed E-state index contributed by atoms with van der Waals surface area (Å²) in [6.45, 7) is 6.62. The molecule has 1 N–H and O–H groups in total. The van der Waals surface area contributed by atoms with Crippen LogP contribution in [0, 0.1) is 11.3 Å². The van der Waals surface area contributed by atoms with Crippen molar-refractivity contribution in [3.05, 3.63) is 23.4 Å². The largest absolute Gasteiger partial charge is 0.329 e. The number of hydrogen-bond donors (Lipinski definition) is 1. The Morgan fingerprint density at radius 1 is 1.29 bits per heavy atom. The average molecular weight is 289 g/mol. The van der Waals surface area contributed by atoms with Crippen molar-refractivity contribution in [1.82, 2.24) is 5.32 Å². The van der Waals surface area contributed by atoms with E-state index in [1.54, 1.807) is 0 Å². The molecule has 118 valence electrons. The number of carbonyl (C=O) groups excluding carboxylic acids is 1. The molecule has 1 saturated carbocycles. The van der Waals surface area contributed by atoms with Crippen LogP contribution in [0.25, 0.3) is 0 Å². The summed E-state index contributed by atoms with van der Waals surface area (Å²) in [6.07, 6.45) is 14.5. The van der Waals surface area contributed by atoms with Gasteiger partial charge in [-0.15, -0.1) is 0 Å². The second kappa shape index (κ2) is 7.29. The Labute approximate surface area is 130 Å². The van der Waals surface area contributed by atoms with Gasteiger partial charge in [0.25, 0.3) is 0 Å². The van der Waals surface area contributed by atoms with Crippen molar-refractivity contribution in [2.75, 3.05) is 0 Å². The highest BCUT2D eigenvalue weighted by atomic mass is 16.2. The Morgan fingerprint density at radius 2 is 2.00 bits per heavy atom. The first-order chi connectivity index (χ1) is 10.0. The van der Waals surface area contributed by atoms with Crippen LogP contribution in [0.1, 0.15) is 78.6 Å². The molecule has 0 bridgehead atoms. The lowest BCUT2D eigenvalue weighted by molar-refractivity contribution is -0.133. The van der Waals surface area contributed by atoms with Gasteiger partial charge in [0.05, 0.1) is 0 Å². The van der Waals surface area contributed by atoms with Crippen molar-refractivity contribution >= 4 is 5.91 Å². The van der Waals surface area contributed by atoms with Crippen molar-refractivity contribution in [3.8, 4) is 0 Å². The molecular formula is C19H31NO. The maximum Gasteiger partial charge on any atom is 0.230 e. The molecule has 0 heterocycles. The number of hydrogen-bond acceptors (Lipinski definition) is 1. The van der Waals surface area contributed by atoms with E-state index in [9.17, 15) is 4.79 Å². The van der Waals surface area contributed by atoms with E-state index in [0.29, 0.717) is 11.8 Å². The molecule has 21 heavy (non-hydrogen) atoms. The maximum atomic E-state index is 12.9. The van der Waals surface area contributed by atoms with Crippen molar-refractivity contribution in [1.29, 1.82) is 0 Å². The van der Waals surface area contributed by atoms with Crippen molar-refractivity contribution in [3.63, 3.8) is 0 Å². The van der Waals surface area contributed by atoms with Crippen LogP contribution in [0.5, 0.6) is 0 Å². The molecule has 0 aliphatic heterocycles. The molecule has 2 nitrogen and oxygen atoms in total. The number of carbonyl (C=O) groups is 1. The molecule has 2 heteroatoms. The fourth-order valence-corrected chi connectivity index (χ4v) is 3.62. The van der Waals surface area contributed by atoms with Crippen LogP contribution in [0.3, 0.4) is 0 Å². The van der Waals surface area contributed by atoms with E-state index >= 15 is 0 Å². The maximum absolute atomic E-state index is 12.9. The van der Waals surface area contributed by atoms with Gasteiger partial charge in [-0.3, -0.25) is 4.79 Å². The second-order valence-corrected chi connectivity index (χ2v) is 7.38. The van der Waals surface area contributed by atoms with Crippen LogP contribution in [-0.4, -0.2) is 5.91 Å². The van der Waals surface area contributed by atoms with Crippen LogP contribution in [-0.2, 0) is 4.79 Å². The van der Waals surface area contributed by atoms with Crippen molar-refractivity contribution < 1.29 is 4.79 Å². The summed E-state index contributed by atoms with van der Waals surface area (Å²) in [5, 5.41) is 3.26. The van der Waals surface area contributed by atoms with E-state index in [2.05, 4.69) is 38.2 Å². The fourth-order valence-electron chi connectivity index (χ4n) is 3.62. The number of rotatable bonds is 5. The van der Waals surface area contributed by atoms with Crippen molar-refractivity contribution in [2.45, 2.75) is 78.6 Å². The Hall–Kier alpha value is -1.05. The fraction of sp³-hybridized carbons (Fsp3) is 0.737. The van der Waals surface area contributed by atoms with E-state index in [1.807, 2.05) is 0 Å². The van der Waals surface area contributed by atoms with Gasteiger partial charge in [-0.1, -0.05) is 44.8 Å². The Kier molecular flexibility index (Phi) is 5.66. The molecule has 2 rings (SSSR count). The van der Waals surface area contributed by atoms with Crippen LogP contribution in [0.4, 0.5) is 0 Å². The Morgan fingerprint density at radius 3 is 2.62 bits per heavy atom. The number of amides is 1. The highest BCUT2D eigenvalue weighted by molar-refractivity contribution is 5.84. The molecule has 0 aromatic rings. The smallest absolute Gasteiger partial charge is 0.230 e.